The maximum atomic E-state index is 11.4. The number of hydrogen-bond donors (Lipinski definition) is 1. The van der Waals surface area contributed by atoms with Gasteiger partial charge in [0.05, 0.1) is 11.1 Å². The van der Waals surface area contributed by atoms with E-state index < -0.39 is 17.6 Å². The minimum Gasteiger partial charge on any atom is -0.309 e. The average Bonchev–Trinajstić information content (AvgIpc) is 2.22. The number of Topliss-reactive ketones (excluding diaryl/α,β-unsaturated/α-hetero) is 1. The molecule has 1 atom stereocenters. The third kappa shape index (κ3) is 3.04. The van der Waals surface area contributed by atoms with Crippen LogP contribution in [-0.4, -0.2) is 16.7 Å². The van der Waals surface area contributed by atoms with Crippen LogP contribution in [0.2, 0.25) is 5.02 Å². The fourth-order valence-electron chi connectivity index (χ4n) is 0.982. The van der Waals surface area contributed by atoms with Crippen molar-refractivity contribution in [3.8, 4) is 6.07 Å². The van der Waals surface area contributed by atoms with Gasteiger partial charge < -0.3 is 5.32 Å². The third-order valence-corrected chi connectivity index (χ3v) is 2.00. The molecule has 82 valence electrons. The largest absolute Gasteiger partial charge is 0.309 e. The molecule has 0 spiro atoms. The van der Waals surface area contributed by atoms with Crippen molar-refractivity contribution < 1.29 is 9.59 Å². The zero-order valence-electron chi connectivity index (χ0n) is 8.40. The van der Waals surface area contributed by atoms with Gasteiger partial charge in [-0.15, -0.1) is 0 Å². The van der Waals surface area contributed by atoms with Crippen molar-refractivity contribution in [2.75, 3.05) is 5.32 Å². The van der Waals surface area contributed by atoms with E-state index in [9.17, 15) is 9.59 Å². The minimum atomic E-state index is -1.31. The smallest absolute Gasteiger partial charge is 0.250 e. The topological polar surface area (TPSA) is 82.8 Å². The summed E-state index contributed by atoms with van der Waals surface area (Å²) in [5.74, 6) is -2.26. The van der Waals surface area contributed by atoms with Gasteiger partial charge in [0.2, 0.25) is 0 Å². The van der Waals surface area contributed by atoms with Gasteiger partial charge in [-0.05, 0) is 19.1 Å². The highest BCUT2D eigenvalue weighted by atomic mass is 35.5. The molecule has 0 radical (unpaired) electrons. The summed E-state index contributed by atoms with van der Waals surface area (Å²) in [6, 6.07) is 4.64. The van der Waals surface area contributed by atoms with Crippen LogP contribution < -0.4 is 5.32 Å². The van der Waals surface area contributed by atoms with Crippen molar-refractivity contribution in [1.82, 2.24) is 4.98 Å². The molecule has 0 bridgehead atoms. The first kappa shape index (κ1) is 12.1. The summed E-state index contributed by atoms with van der Waals surface area (Å²) in [4.78, 5) is 26.2. The predicted molar refractivity (Wildman–Crippen MR) is 57.7 cm³/mol. The average molecular weight is 238 g/mol. The number of rotatable bonds is 3. The Morgan fingerprint density at radius 1 is 1.56 bits per heavy atom. The van der Waals surface area contributed by atoms with Gasteiger partial charge in [-0.2, -0.15) is 5.26 Å². The summed E-state index contributed by atoms with van der Waals surface area (Å²) in [5, 5.41) is 11.4. The molecular formula is C10H8ClN3O2. The van der Waals surface area contributed by atoms with E-state index in [4.69, 9.17) is 16.9 Å². The molecular weight excluding hydrogens is 230 g/mol. The first-order valence-electron chi connectivity index (χ1n) is 4.37. The van der Waals surface area contributed by atoms with E-state index in [0.717, 1.165) is 0 Å². The lowest BCUT2D eigenvalue weighted by molar-refractivity contribution is -0.127. The maximum Gasteiger partial charge on any atom is 0.250 e. The van der Waals surface area contributed by atoms with Gasteiger partial charge in [0.1, 0.15) is 5.82 Å². The van der Waals surface area contributed by atoms with E-state index in [1.807, 2.05) is 0 Å². The number of anilines is 1. The highest BCUT2D eigenvalue weighted by Crippen LogP contribution is 2.10. The van der Waals surface area contributed by atoms with Crippen molar-refractivity contribution in [3.63, 3.8) is 0 Å². The normalized spacial score (nSPS) is 11.3. The molecule has 1 rings (SSSR count). The van der Waals surface area contributed by atoms with Crippen LogP contribution in [0.5, 0.6) is 0 Å². The van der Waals surface area contributed by atoms with Gasteiger partial charge in [0.25, 0.3) is 5.91 Å². The Bertz CT molecular complexity index is 450. The van der Waals surface area contributed by atoms with E-state index in [0.29, 0.717) is 5.02 Å². The Balaban J connectivity index is 2.75. The lowest BCUT2D eigenvalue weighted by atomic mass is 10.1. The van der Waals surface area contributed by atoms with Gasteiger partial charge in [-0.1, -0.05) is 11.6 Å². The quantitative estimate of drug-likeness (QED) is 0.806. The van der Waals surface area contributed by atoms with E-state index >= 15 is 0 Å². The summed E-state index contributed by atoms with van der Waals surface area (Å²) in [6.07, 6.45) is 1.35. The van der Waals surface area contributed by atoms with Crippen LogP contribution in [-0.2, 0) is 9.59 Å². The molecule has 1 aromatic heterocycles. The zero-order chi connectivity index (χ0) is 12.1. The zero-order valence-corrected chi connectivity index (χ0v) is 9.15. The van der Waals surface area contributed by atoms with Crippen molar-refractivity contribution in [2.45, 2.75) is 6.92 Å². The second-order valence-electron chi connectivity index (χ2n) is 3.02. The molecule has 5 nitrogen and oxygen atoms in total. The molecule has 6 heteroatoms. The first-order chi connectivity index (χ1) is 7.54. The van der Waals surface area contributed by atoms with Crippen LogP contribution in [0.15, 0.2) is 18.3 Å². The standard InChI is InChI=1S/C10H8ClN3O2/c1-6(15)8(4-12)10(16)14-9-3-2-7(11)5-13-9/h2-3,5,8H,1H3,(H,13,14,16). The predicted octanol–water partition coefficient (Wildman–Crippen LogP) is 1.40. The highest BCUT2D eigenvalue weighted by Gasteiger charge is 2.22. The molecule has 0 aromatic carbocycles. The molecule has 1 unspecified atom stereocenters. The Labute approximate surface area is 97.0 Å². The van der Waals surface area contributed by atoms with Crippen LogP contribution in [0, 0.1) is 17.2 Å². The number of amides is 1. The highest BCUT2D eigenvalue weighted by molar-refractivity contribution is 6.30. The molecule has 0 aliphatic heterocycles. The fourth-order valence-corrected chi connectivity index (χ4v) is 1.09. The van der Waals surface area contributed by atoms with Crippen LogP contribution >= 0.6 is 11.6 Å². The van der Waals surface area contributed by atoms with Crippen LogP contribution in [0.1, 0.15) is 6.92 Å². The number of carbonyl (C=O) groups excluding carboxylic acids is 2. The summed E-state index contributed by atoms with van der Waals surface area (Å²) < 4.78 is 0. The molecule has 16 heavy (non-hydrogen) atoms. The number of carbonyl (C=O) groups is 2. The van der Waals surface area contributed by atoms with Crippen molar-refractivity contribution in [2.24, 2.45) is 5.92 Å². The molecule has 0 fully saturated rings. The maximum absolute atomic E-state index is 11.4. The lowest BCUT2D eigenvalue weighted by Gasteiger charge is -2.06. The Hall–Kier alpha value is -1.93. The lowest BCUT2D eigenvalue weighted by Crippen LogP contribution is -2.27. The SMILES string of the molecule is CC(=O)C(C#N)C(=O)Nc1ccc(Cl)cn1. The van der Waals surface area contributed by atoms with E-state index in [2.05, 4.69) is 10.3 Å². The number of halogens is 1. The fraction of sp³-hybridized carbons (Fsp3) is 0.200. The molecule has 0 saturated carbocycles. The van der Waals surface area contributed by atoms with Gasteiger partial charge in [-0.25, -0.2) is 4.98 Å². The number of pyridine rings is 1. The molecule has 1 N–H and O–H groups in total. The number of nitrogens with zero attached hydrogens (tertiary/aromatic N) is 2. The molecule has 0 saturated heterocycles. The van der Waals surface area contributed by atoms with Crippen LogP contribution in [0.3, 0.4) is 0 Å². The molecule has 0 aliphatic carbocycles. The van der Waals surface area contributed by atoms with Crippen molar-refractivity contribution in [3.05, 3.63) is 23.4 Å². The minimum absolute atomic E-state index is 0.246. The van der Waals surface area contributed by atoms with Crippen molar-refractivity contribution >= 4 is 29.1 Å². The van der Waals surface area contributed by atoms with Crippen LogP contribution in [0.4, 0.5) is 5.82 Å². The summed E-state index contributed by atoms with van der Waals surface area (Å²) in [6.45, 7) is 1.18. The van der Waals surface area contributed by atoms with E-state index in [1.54, 1.807) is 12.1 Å². The van der Waals surface area contributed by atoms with Gasteiger partial charge in [0, 0.05) is 6.20 Å². The second kappa shape index (κ2) is 5.24. The van der Waals surface area contributed by atoms with Crippen molar-refractivity contribution in [1.29, 1.82) is 5.26 Å². The Kier molecular flexibility index (Phi) is 3.97. The number of ketones is 1. The number of aromatic nitrogens is 1. The number of hydrogen-bond acceptors (Lipinski definition) is 4. The van der Waals surface area contributed by atoms with E-state index in [1.165, 1.54) is 19.2 Å². The Morgan fingerprint density at radius 2 is 2.25 bits per heavy atom. The van der Waals surface area contributed by atoms with Gasteiger partial charge in [0.15, 0.2) is 11.7 Å². The summed E-state index contributed by atoms with van der Waals surface area (Å²) in [7, 11) is 0. The molecule has 0 aliphatic rings. The van der Waals surface area contributed by atoms with E-state index in [-0.39, 0.29) is 5.82 Å². The molecule has 1 aromatic rings. The monoisotopic (exact) mass is 237 g/mol. The summed E-state index contributed by atoms with van der Waals surface area (Å²) >= 11 is 5.61. The second-order valence-corrected chi connectivity index (χ2v) is 3.46. The molecule has 1 heterocycles. The number of nitrogens with one attached hydrogen (secondary N) is 1. The van der Waals surface area contributed by atoms with Gasteiger partial charge >= 0.3 is 0 Å². The van der Waals surface area contributed by atoms with Gasteiger partial charge in [-0.3, -0.25) is 9.59 Å². The number of nitriles is 1. The third-order valence-electron chi connectivity index (χ3n) is 1.78. The van der Waals surface area contributed by atoms with Crippen LogP contribution in [0.25, 0.3) is 0 Å². The Morgan fingerprint density at radius 3 is 2.69 bits per heavy atom. The molecule has 1 amide bonds. The first-order valence-corrected chi connectivity index (χ1v) is 4.75. The summed E-state index contributed by atoms with van der Waals surface area (Å²) in [5.41, 5.74) is 0.